The van der Waals surface area contributed by atoms with Gasteiger partial charge in [-0.15, -0.1) is 0 Å². The molecule has 0 bridgehead atoms. The van der Waals surface area contributed by atoms with Crippen LogP contribution in [0.1, 0.15) is 61.5 Å². The molecule has 10 nitrogen and oxygen atoms in total. The molecule has 0 radical (unpaired) electrons. The van der Waals surface area contributed by atoms with Crippen LogP contribution >= 0.6 is 0 Å². The molecule has 2 aromatic heterocycles. The first-order valence-corrected chi connectivity index (χ1v) is 16.1. The number of aliphatic hydroxyl groups is 1. The molecule has 2 aromatic carbocycles. The van der Waals surface area contributed by atoms with Gasteiger partial charge in [-0.3, -0.25) is 9.78 Å². The number of nitrogens with zero attached hydrogens (tertiary/aromatic N) is 5. The molecule has 6 rings (SSSR count). The number of aryl methyl sites for hydroxylation is 1. The van der Waals surface area contributed by atoms with Gasteiger partial charge in [0, 0.05) is 36.8 Å². The van der Waals surface area contributed by atoms with Gasteiger partial charge >= 0.3 is 12.7 Å². The standard InChI is InChI=1S/C33H38B3F2N5O5/c1-31(2,3)48-30(45)41-14-12-32(46,18-41)26-10-8-21(17-39-26)19-7-9-23-25(16-19)42-13-11-24(27(42)40-23)43(33(34,35)36)28(44)20-5-4-6-22(15-20)47-29(37)38/h4-10,15-17,24,29,46H,11-14,18,34-36H2,1-3H3/t24-,32?/m1/s1. The van der Waals surface area contributed by atoms with E-state index in [0.717, 1.165) is 28.0 Å². The van der Waals surface area contributed by atoms with Crippen LogP contribution < -0.4 is 4.74 Å². The van der Waals surface area contributed by atoms with Gasteiger partial charge in [-0.1, -0.05) is 18.2 Å². The number of ether oxygens (including phenoxy) is 2. The maximum Gasteiger partial charge on any atom is 0.410 e. The summed E-state index contributed by atoms with van der Waals surface area (Å²) in [5, 5.41) is 10.8. The Bertz CT molecular complexity index is 1860. The Morgan fingerprint density at radius 3 is 2.48 bits per heavy atom. The first kappa shape index (κ1) is 33.5. The molecule has 48 heavy (non-hydrogen) atoms. The van der Waals surface area contributed by atoms with Gasteiger partial charge in [0.2, 0.25) is 0 Å². The van der Waals surface area contributed by atoms with E-state index in [4.69, 9.17) is 9.72 Å². The summed E-state index contributed by atoms with van der Waals surface area (Å²) in [7, 11) is 5.84. The first-order chi connectivity index (χ1) is 22.5. The van der Waals surface area contributed by atoms with E-state index in [9.17, 15) is 23.5 Å². The zero-order valence-electron chi connectivity index (χ0n) is 28.0. The number of likely N-dealkylation sites (tertiary alicyclic amines) is 1. The van der Waals surface area contributed by atoms with Crippen LogP contribution in [0.15, 0.2) is 60.8 Å². The topological polar surface area (TPSA) is 110 Å². The third-order valence-electron chi connectivity index (χ3n) is 8.73. The molecule has 1 unspecified atom stereocenters. The zero-order chi connectivity index (χ0) is 34.6. The van der Waals surface area contributed by atoms with Gasteiger partial charge in [-0.2, -0.15) is 8.78 Å². The maximum absolute atomic E-state index is 13.9. The van der Waals surface area contributed by atoms with Crippen molar-refractivity contribution in [1.82, 2.24) is 24.3 Å². The fourth-order valence-corrected chi connectivity index (χ4v) is 6.62. The summed E-state index contributed by atoms with van der Waals surface area (Å²) in [5.74, 6) is 0.396. The number of pyridine rings is 1. The Balaban J connectivity index is 1.24. The van der Waals surface area contributed by atoms with Crippen LogP contribution in [-0.2, 0) is 16.9 Å². The van der Waals surface area contributed by atoms with E-state index in [0.29, 0.717) is 31.6 Å². The predicted octanol–water partition coefficient (Wildman–Crippen LogP) is 2.63. The molecule has 1 fully saturated rings. The molecule has 4 aromatic rings. The van der Waals surface area contributed by atoms with Crippen molar-refractivity contribution in [3.8, 4) is 16.9 Å². The van der Waals surface area contributed by atoms with Crippen molar-refractivity contribution in [2.45, 2.75) is 69.3 Å². The number of aromatic nitrogens is 3. The van der Waals surface area contributed by atoms with Crippen LogP contribution in [0.25, 0.3) is 22.2 Å². The van der Waals surface area contributed by atoms with Crippen LogP contribution in [0.3, 0.4) is 0 Å². The molecule has 2 aliphatic rings. The lowest BCUT2D eigenvalue weighted by Crippen LogP contribution is -2.55. The highest BCUT2D eigenvalue weighted by molar-refractivity contribution is 6.60. The van der Waals surface area contributed by atoms with Gasteiger partial charge in [0.15, 0.2) is 0 Å². The molecular weight excluding hydrogens is 617 g/mol. The van der Waals surface area contributed by atoms with Crippen LogP contribution in [0, 0.1) is 0 Å². The molecule has 4 heterocycles. The molecule has 2 atom stereocenters. The highest BCUT2D eigenvalue weighted by Gasteiger charge is 2.42. The van der Waals surface area contributed by atoms with Crippen molar-refractivity contribution in [1.29, 1.82) is 0 Å². The molecule has 2 amide bonds. The highest BCUT2D eigenvalue weighted by atomic mass is 19.3. The number of rotatable bonds is 7. The van der Waals surface area contributed by atoms with Gasteiger partial charge in [0.05, 0.1) is 29.3 Å². The maximum atomic E-state index is 13.9. The largest absolute Gasteiger partial charge is 0.444 e. The van der Waals surface area contributed by atoms with E-state index in [-0.39, 0.29) is 29.8 Å². The van der Waals surface area contributed by atoms with E-state index >= 15 is 0 Å². The average Bonchev–Trinajstić information content (AvgIpc) is 3.70. The second-order valence-corrected chi connectivity index (χ2v) is 14.5. The lowest BCUT2D eigenvalue weighted by molar-refractivity contribution is -0.0499. The Morgan fingerprint density at radius 2 is 1.81 bits per heavy atom. The van der Waals surface area contributed by atoms with Crippen LogP contribution in [0.5, 0.6) is 5.75 Å². The average molecular weight is 655 g/mol. The zero-order valence-corrected chi connectivity index (χ0v) is 28.0. The number of β-amino-alcohol motifs (C(OH)–C–C–N with tert-alkyl or cyclic N) is 1. The van der Waals surface area contributed by atoms with Gasteiger partial charge in [0.1, 0.15) is 46.3 Å². The lowest BCUT2D eigenvalue weighted by Gasteiger charge is -2.40. The van der Waals surface area contributed by atoms with Gasteiger partial charge in [-0.05, 0) is 74.4 Å². The molecule has 15 heteroatoms. The summed E-state index contributed by atoms with van der Waals surface area (Å²) in [4.78, 5) is 39.3. The molecular formula is C33H38B3F2N5O5. The number of amides is 2. The number of benzene rings is 2. The third-order valence-corrected chi connectivity index (χ3v) is 8.73. The number of fused-ring (bicyclic) bond motifs is 3. The van der Waals surface area contributed by atoms with Crippen molar-refractivity contribution in [3.05, 3.63) is 77.9 Å². The molecule has 1 saturated heterocycles. The minimum absolute atomic E-state index is 0.0707. The molecule has 248 valence electrons. The molecule has 2 aliphatic heterocycles. The fraction of sp³-hybridized carbons (Fsp3) is 0.394. The van der Waals surface area contributed by atoms with E-state index in [2.05, 4.69) is 14.3 Å². The fourth-order valence-electron chi connectivity index (χ4n) is 6.62. The summed E-state index contributed by atoms with van der Waals surface area (Å²) in [6.45, 7) is 3.56. The molecule has 1 N–H and O–H groups in total. The SMILES string of the molecule is BC(B)(B)N(C(=O)c1cccc(OC(F)F)c1)[C@@H]1CCn2c1nc1ccc(-c3ccc(C4(O)CCN(C(=O)OC(C)(C)C)C4)nc3)cc12. The summed E-state index contributed by atoms with van der Waals surface area (Å²) >= 11 is 0. The predicted molar refractivity (Wildman–Crippen MR) is 184 cm³/mol. The van der Waals surface area contributed by atoms with E-state index in [1.54, 1.807) is 23.2 Å². The van der Waals surface area contributed by atoms with E-state index in [1.807, 2.05) is 68.6 Å². The lowest BCUT2D eigenvalue weighted by atomic mass is 9.48. The van der Waals surface area contributed by atoms with Crippen molar-refractivity contribution in [2.24, 2.45) is 0 Å². The van der Waals surface area contributed by atoms with Gasteiger partial charge in [-0.25, -0.2) is 9.78 Å². The normalized spacial score (nSPS) is 19.5. The number of hydrogen-bond acceptors (Lipinski definition) is 7. The smallest absolute Gasteiger partial charge is 0.410 e. The van der Waals surface area contributed by atoms with Crippen molar-refractivity contribution in [3.63, 3.8) is 0 Å². The number of carbonyl (C=O) groups excluding carboxylic acids is 2. The Hall–Kier alpha value is -4.39. The second-order valence-electron chi connectivity index (χ2n) is 14.5. The number of hydrogen-bond donors (Lipinski definition) is 1. The second kappa shape index (κ2) is 12.3. The monoisotopic (exact) mass is 655 g/mol. The number of alkyl halides is 2. The number of carbonyl (C=O) groups is 2. The molecule has 0 aliphatic carbocycles. The van der Waals surface area contributed by atoms with Crippen LogP contribution in [-0.4, -0.2) is 95.5 Å². The molecule has 0 spiro atoms. The van der Waals surface area contributed by atoms with Crippen LogP contribution in [0.4, 0.5) is 13.6 Å². The Morgan fingerprint density at radius 1 is 1.06 bits per heavy atom. The third kappa shape index (κ3) is 6.65. The van der Waals surface area contributed by atoms with Gasteiger partial charge < -0.3 is 28.9 Å². The summed E-state index contributed by atoms with van der Waals surface area (Å²) in [5.41, 5.74) is 2.34. The molecule has 0 saturated carbocycles. The summed E-state index contributed by atoms with van der Waals surface area (Å²) in [6.07, 6.45) is 2.27. The Labute approximate surface area is 280 Å². The highest BCUT2D eigenvalue weighted by Crippen LogP contribution is 2.39. The minimum atomic E-state index is -2.99. The quantitative estimate of drug-likeness (QED) is 0.305. The van der Waals surface area contributed by atoms with E-state index in [1.165, 1.54) is 23.1 Å². The van der Waals surface area contributed by atoms with E-state index < -0.39 is 29.1 Å². The van der Waals surface area contributed by atoms with Crippen molar-refractivity contribution in [2.75, 3.05) is 13.1 Å². The Kier molecular flexibility index (Phi) is 8.55. The summed E-state index contributed by atoms with van der Waals surface area (Å²) < 4.78 is 37.9. The van der Waals surface area contributed by atoms with Crippen LogP contribution in [0.2, 0.25) is 0 Å². The number of imidazole rings is 1. The first-order valence-electron chi connectivity index (χ1n) is 16.1. The summed E-state index contributed by atoms with van der Waals surface area (Å²) in [6, 6.07) is 15.2. The number of halogens is 2. The van der Waals surface area contributed by atoms with Gasteiger partial charge in [0.25, 0.3) is 5.91 Å². The minimum Gasteiger partial charge on any atom is -0.444 e. The van der Waals surface area contributed by atoms with Crippen molar-refractivity contribution >= 4 is 46.6 Å². The van der Waals surface area contributed by atoms with Crippen molar-refractivity contribution < 1.29 is 33.0 Å².